The first-order chi connectivity index (χ1) is 24.6. The summed E-state index contributed by atoms with van der Waals surface area (Å²) >= 11 is 3.67. The van der Waals surface area contributed by atoms with Crippen LogP contribution in [-0.2, 0) is 0 Å². The summed E-state index contributed by atoms with van der Waals surface area (Å²) in [6.45, 7) is 38.1. The Hall–Kier alpha value is -3.39. The van der Waals surface area contributed by atoms with Crippen molar-refractivity contribution in [3.8, 4) is 22.9 Å². The fraction of sp³-hybridized carbons (Fsp3) is 0.375. The van der Waals surface area contributed by atoms with E-state index < -0.39 is 16.1 Å². The Morgan fingerprint density at radius 1 is 0.481 bits per heavy atom. The third-order valence-electron chi connectivity index (χ3n) is 11.8. The van der Waals surface area contributed by atoms with E-state index in [1.165, 1.54) is 29.9 Å². The van der Waals surface area contributed by atoms with E-state index in [0.717, 1.165) is 33.4 Å². The van der Waals surface area contributed by atoms with Crippen LogP contribution in [0.25, 0.3) is 31.3 Å². The van der Waals surface area contributed by atoms with Crippen molar-refractivity contribution in [2.45, 2.75) is 116 Å². The highest BCUT2D eigenvalue weighted by molar-refractivity contribution is 7.22. The second-order valence-corrected chi connectivity index (χ2v) is 29.7. The molecule has 270 valence electrons. The SMILES string of the molecule is C=C(c1ccccc1)c1cc2c(C#C[Si](C(C)C)(C(C)C)C(C)C)c3sc(C(=C)c4ccccc4)cc3c(C#C[Si](C(C)C)(C(C)C)C(C)C)c2s1. The molecule has 52 heavy (non-hydrogen) atoms. The zero-order valence-corrected chi connectivity index (χ0v) is 37.3. The molecule has 3 aromatic carbocycles. The minimum Gasteiger partial charge on any atom is -0.134 e. The largest absolute Gasteiger partial charge is 0.146 e. The summed E-state index contributed by atoms with van der Waals surface area (Å²) in [5, 5.41) is 2.43. The monoisotopic (exact) mass is 754 g/mol. The Labute approximate surface area is 325 Å². The van der Waals surface area contributed by atoms with Crippen LogP contribution in [0.4, 0.5) is 0 Å². The van der Waals surface area contributed by atoms with Crippen molar-refractivity contribution in [1.29, 1.82) is 0 Å². The molecular formula is C48H58S2Si2. The van der Waals surface area contributed by atoms with Gasteiger partial charge in [-0.15, -0.1) is 33.8 Å². The van der Waals surface area contributed by atoms with E-state index in [1.807, 2.05) is 22.7 Å². The molecule has 0 N–H and O–H groups in total. The standard InChI is InChI=1S/C48H58S2Si2/c1-31(2)51(32(3)4,33(5)6)27-25-41-43-29-45(37(13)39-21-17-15-18-22-39)50-48(43)42(26-28-52(34(7)8,35(9)10)36(11)12)44-30-46(49-47(41)44)38(14)40-23-19-16-20-24-40/h15-24,29-36H,13-14H2,1-12H3. The minimum absolute atomic E-state index is 0.546. The molecule has 0 aliphatic carbocycles. The van der Waals surface area contributed by atoms with Gasteiger partial charge in [0.2, 0.25) is 0 Å². The van der Waals surface area contributed by atoms with Gasteiger partial charge in [0.15, 0.2) is 0 Å². The van der Waals surface area contributed by atoms with Crippen LogP contribution in [0.3, 0.4) is 0 Å². The lowest BCUT2D eigenvalue weighted by Gasteiger charge is -2.38. The molecule has 0 aliphatic rings. The summed E-state index contributed by atoms with van der Waals surface area (Å²) in [4.78, 5) is 2.36. The van der Waals surface area contributed by atoms with Gasteiger partial charge in [-0.3, -0.25) is 0 Å². The minimum atomic E-state index is -2.02. The summed E-state index contributed by atoms with van der Waals surface area (Å²) in [5.41, 5.74) is 18.2. The van der Waals surface area contributed by atoms with E-state index in [9.17, 15) is 0 Å². The molecule has 0 aliphatic heterocycles. The highest BCUT2D eigenvalue weighted by Gasteiger charge is 2.43. The Kier molecular flexibility index (Phi) is 12.2. The summed E-state index contributed by atoms with van der Waals surface area (Å²) in [6.07, 6.45) is 0. The second-order valence-electron chi connectivity index (χ2n) is 16.4. The van der Waals surface area contributed by atoms with Crippen molar-refractivity contribution in [2.24, 2.45) is 0 Å². The number of benzene rings is 3. The van der Waals surface area contributed by atoms with Crippen molar-refractivity contribution < 1.29 is 0 Å². The maximum atomic E-state index is 4.63. The molecule has 5 rings (SSSR count). The van der Waals surface area contributed by atoms with Crippen molar-refractivity contribution in [1.82, 2.24) is 0 Å². The van der Waals surface area contributed by atoms with Crippen molar-refractivity contribution in [3.05, 3.63) is 118 Å². The highest BCUT2D eigenvalue weighted by Crippen LogP contribution is 2.47. The first-order valence-electron chi connectivity index (χ1n) is 19.2. The summed E-state index contributed by atoms with van der Waals surface area (Å²) < 4.78 is 2.47. The predicted octanol–water partition coefficient (Wildman–Crippen LogP) is 15.4. The molecule has 0 fully saturated rings. The molecule has 0 atom stereocenters. The van der Waals surface area contributed by atoms with Crippen molar-refractivity contribution in [3.63, 3.8) is 0 Å². The van der Waals surface area contributed by atoms with E-state index >= 15 is 0 Å². The van der Waals surface area contributed by atoms with Crippen LogP contribution >= 0.6 is 22.7 Å². The molecule has 0 nitrogen and oxygen atoms in total. The Morgan fingerprint density at radius 3 is 1.04 bits per heavy atom. The first-order valence-corrected chi connectivity index (χ1v) is 25.3. The van der Waals surface area contributed by atoms with Crippen molar-refractivity contribution >= 4 is 70.1 Å². The molecule has 0 spiro atoms. The maximum absolute atomic E-state index is 4.63. The lowest BCUT2D eigenvalue weighted by molar-refractivity contribution is 0.838. The average Bonchev–Trinajstić information content (AvgIpc) is 3.74. The van der Waals surface area contributed by atoms with Gasteiger partial charge in [0.05, 0.1) is 20.5 Å². The number of hydrogen-bond acceptors (Lipinski definition) is 2. The highest BCUT2D eigenvalue weighted by atomic mass is 32.1. The quantitative estimate of drug-likeness (QED) is 0.0984. The molecule has 0 unspecified atom stereocenters. The normalized spacial score (nSPS) is 12.3. The Bertz CT molecular complexity index is 1950. The Balaban J connectivity index is 1.95. The van der Waals surface area contributed by atoms with E-state index in [0.29, 0.717) is 33.2 Å². The van der Waals surface area contributed by atoms with E-state index in [2.05, 4.69) is 192 Å². The molecule has 0 radical (unpaired) electrons. The van der Waals surface area contributed by atoms with Gasteiger partial charge < -0.3 is 0 Å². The van der Waals surface area contributed by atoms with Crippen LogP contribution in [0.15, 0.2) is 86.0 Å². The van der Waals surface area contributed by atoms with Crippen LogP contribution < -0.4 is 0 Å². The maximum Gasteiger partial charge on any atom is 0.146 e. The number of hydrogen-bond donors (Lipinski definition) is 0. The zero-order valence-electron chi connectivity index (χ0n) is 33.6. The fourth-order valence-electron chi connectivity index (χ4n) is 9.09. The molecule has 0 bridgehead atoms. The van der Waals surface area contributed by atoms with Gasteiger partial charge in [-0.05, 0) is 67.7 Å². The van der Waals surface area contributed by atoms with Gasteiger partial charge >= 0.3 is 0 Å². The van der Waals surface area contributed by atoms with Crippen LogP contribution in [0.5, 0.6) is 0 Å². The summed E-state index contributed by atoms with van der Waals surface area (Å²) in [7, 11) is -4.05. The van der Waals surface area contributed by atoms with E-state index in [-0.39, 0.29) is 0 Å². The van der Waals surface area contributed by atoms with Crippen LogP contribution in [-0.4, -0.2) is 16.1 Å². The second kappa shape index (κ2) is 15.9. The third-order valence-corrected chi connectivity index (χ3v) is 26.8. The lowest BCUT2D eigenvalue weighted by atomic mass is 10.00. The van der Waals surface area contributed by atoms with Gasteiger partial charge in [0.1, 0.15) is 16.1 Å². The van der Waals surface area contributed by atoms with Crippen LogP contribution in [0.1, 0.15) is 115 Å². The lowest BCUT2D eigenvalue weighted by Crippen LogP contribution is -2.43. The van der Waals surface area contributed by atoms with Gasteiger partial charge in [0, 0.05) is 20.5 Å². The predicted molar refractivity (Wildman–Crippen MR) is 242 cm³/mol. The number of thiophene rings is 2. The summed E-state index contributed by atoms with van der Waals surface area (Å²) in [6, 6.07) is 25.9. The van der Waals surface area contributed by atoms with Gasteiger partial charge in [-0.1, -0.05) is 169 Å². The molecule has 5 aromatic rings. The Morgan fingerprint density at radius 2 is 0.769 bits per heavy atom. The molecule has 0 saturated heterocycles. The molecule has 2 heterocycles. The molecule has 0 amide bonds. The molecular weight excluding hydrogens is 697 g/mol. The first kappa shape index (κ1) is 39.8. The van der Waals surface area contributed by atoms with E-state index in [4.69, 9.17) is 0 Å². The zero-order chi connectivity index (χ0) is 38.1. The molecule has 4 heteroatoms. The summed E-state index contributed by atoms with van der Waals surface area (Å²) in [5.74, 6) is 7.97. The molecule has 0 saturated carbocycles. The third kappa shape index (κ3) is 7.13. The van der Waals surface area contributed by atoms with Crippen molar-refractivity contribution in [2.75, 3.05) is 0 Å². The van der Waals surface area contributed by atoms with Gasteiger partial charge in [0.25, 0.3) is 0 Å². The average molecular weight is 755 g/mol. The smallest absolute Gasteiger partial charge is 0.134 e. The van der Waals surface area contributed by atoms with Gasteiger partial charge in [-0.2, -0.15) is 0 Å². The topological polar surface area (TPSA) is 0 Å². The van der Waals surface area contributed by atoms with E-state index in [1.54, 1.807) is 0 Å². The van der Waals surface area contributed by atoms with Gasteiger partial charge in [-0.25, -0.2) is 0 Å². The van der Waals surface area contributed by atoms with Crippen LogP contribution in [0.2, 0.25) is 33.2 Å². The number of fused-ring (bicyclic) bond motifs is 2. The molecule has 2 aromatic heterocycles. The van der Waals surface area contributed by atoms with Crippen LogP contribution in [0, 0.1) is 22.9 Å². The number of rotatable bonds is 10. The fourth-order valence-corrected chi connectivity index (χ4v) is 21.8.